The number of hydrogen-bond acceptors (Lipinski definition) is 4. The zero-order valence-electron chi connectivity index (χ0n) is 13.3. The van der Waals surface area contributed by atoms with Crippen molar-refractivity contribution in [3.63, 3.8) is 0 Å². The molecule has 0 saturated heterocycles. The van der Waals surface area contributed by atoms with Crippen LogP contribution in [-0.2, 0) is 9.53 Å². The molecular weight excluding hydrogens is 294 g/mol. The second-order valence-electron chi connectivity index (χ2n) is 4.93. The summed E-state index contributed by atoms with van der Waals surface area (Å²) in [5.41, 5.74) is 0.692. The number of ether oxygens (including phenoxy) is 3. The largest absolute Gasteiger partial charge is 0.491 e. The number of carbonyl (C=O) groups excluding carboxylic acids is 1. The molecule has 0 bridgehead atoms. The molecule has 122 valence electrons. The molecule has 0 radical (unpaired) electrons. The van der Waals surface area contributed by atoms with Gasteiger partial charge in [-0.2, -0.15) is 0 Å². The fourth-order valence-corrected chi connectivity index (χ4v) is 1.88. The van der Waals surface area contributed by atoms with Gasteiger partial charge < -0.3 is 19.5 Å². The van der Waals surface area contributed by atoms with E-state index in [1.165, 1.54) is 0 Å². The van der Waals surface area contributed by atoms with Crippen LogP contribution in [0, 0.1) is 0 Å². The van der Waals surface area contributed by atoms with E-state index in [4.69, 9.17) is 14.2 Å². The van der Waals surface area contributed by atoms with Crippen molar-refractivity contribution in [3.05, 3.63) is 54.6 Å². The van der Waals surface area contributed by atoms with Crippen molar-refractivity contribution >= 4 is 11.6 Å². The molecule has 0 aromatic heterocycles. The molecule has 0 aliphatic heterocycles. The van der Waals surface area contributed by atoms with Crippen molar-refractivity contribution in [2.24, 2.45) is 0 Å². The molecule has 0 saturated carbocycles. The number of anilines is 1. The molecule has 1 unspecified atom stereocenters. The summed E-state index contributed by atoms with van der Waals surface area (Å²) < 4.78 is 16.0. The lowest BCUT2D eigenvalue weighted by Crippen LogP contribution is -2.30. The Hall–Kier alpha value is -2.53. The van der Waals surface area contributed by atoms with Crippen LogP contribution in [0.25, 0.3) is 0 Å². The third kappa shape index (κ3) is 5.64. The molecule has 1 N–H and O–H groups in total. The number of hydrogen-bond donors (Lipinski definition) is 1. The monoisotopic (exact) mass is 315 g/mol. The second-order valence-corrected chi connectivity index (χ2v) is 4.93. The zero-order chi connectivity index (χ0) is 16.5. The summed E-state index contributed by atoms with van der Waals surface area (Å²) in [6.07, 6.45) is -0.588. The van der Waals surface area contributed by atoms with Crippen molar-refractivity contribution in [1.82, 2.24) is 0 Å². The highest BCUT2D eigenvalue weighted by Gasteiger charge is 2.14. The number of benzene rings is 2. The fraction of sp³-hybridized carbons (Fsp3) is 0.278. The molecule has 0 heterocycles. The average molecular weight is 315 g/mol. The third-order valence-corrected chi connectivity index (χ3v) is 3.10. The van der Waals surface area contributed by atoms with Crippen LogP contribution < -0.4 is 14.8 Å². The maximum absolute atomic E-state index is 12.1. The molecule has 1 atom stereocenters. The Morgan fingerprint density at radius 2 is 1.70 bits per heavy atom. The number of amides is 1. The van der Waals surface area contributed by atoms with Gasteiger partial charge in [0.15, 0.2) is 6.10 Å². The second kappa shape index (κ2) is 8.80. The minimum Gasteiger partial charge on any atom is -0.491 e. The first-order chi connectivity index (χ1) is 11.2. The van der Waals surface area contributed by atoms with Gasteiger partial charge in [0.2, 0.25) is 0 Å². The van der Waals surface area contributed by atoms with Gasteiger partial charge >= 0.3 is 0 Å². The predicted octanol–water partition coefficient (Wildman–Crippen LogP) is 3.12. The number of carbonyl (C=O) groups is 1. The van der Waals surface area contributed by atoms with Gasteiger partial charge in [-0.3, -0.25) is 4.79 Å². The van der Waals surface area contributed by atoms with Crippen LogP contribution in [0.15, 0.2) is 54.6 Å². The summed E-state index contributed by atoms with van der Waals surface area (Å²) >= 11 is 0. The van der Waals surface area contributed by atoms with Crippen LogP contribution in [-0.4, -0.2) is 32.3 Å². The standard InChI is InChI=1S/C18H21NO4/c1-14(23-17-6-4-3-5-7-17)18(20)19-15-8-10-16(11-9-15)22-13-12-21-2/h3-11,14H,12-13H2,1-2H3,(H,19,20). The number of methoxy groups -OCH3 is 1. The number of rotatable bonds is 8. The highest BCUT2D eigenvalue weighted by Crippen LogP contribution is 2.17. The zero-order valence-corrected chi connectivity index (χ0v) is 13.3. The first-order valence-corrected chi connectivity index (χ1v) is 7.43. The van der Waals surface area contributed by atoms with Crippen LogP contribution in [0.5, 0.6) is 11.5 Å². The van der Waals surface area contributed by atoms with Crippen LogP contribution in [0.4, 0.5) is 5.69 Å². The Morgan fingerprint density at radius 3 is 2.35 bits per heavy atom. The Bertz CT molecular complexity index is 598. The van der Waals surface area contributed by atoms with E-state index in [0.717, 1.165) is 5.75 Å². The summed E-state index contributed by atoms with van der Waals surface area (Å²) in [6.45, 7) is 2.74. The van der Waals surface area contributed by atoms with Gasteiger partial charge in [-0.05, 0) is 43.3 Å². The molecule has 0 fully saturated rings. The molecule has 2 aromatic carbocycles. The van der Waals surface area contributed by atoms with E-state index in [0.29, 0.717) is 24.7 Å². The van der Waals surface area contributed by atoms with Crippen molar-refractivity contribution in [2.75, 3.05) is 25.6 Å². The van der Waals surface area contributed by atoms with Crippen LogP contribution in [0.2, 0.25) is 0 Å². The summed E-state index contributed by atoms with van der Waals surface area (Å²) in [5.74, 6) is 1.19. The van der Waals surface area contributed by atoms with Crippen LogP contribution in [0.3, 0.4) is 0 Å². The summed E-state index contributed by atoms with van der Waals surface area (Å²) in [4.78, 5) is 12.1. The molecule has 0 aliphatic rings. The number of para-hydroxylation sites is 1. The summed E-state index contributed by atoms with van der Waals surface area (Å²) in [7, 11) is 1.63. The average Bonchev–Trinajstić information content (AvgIpc) is 2.57. The van der Waals surface area contributed by atoms with Gasteiger partial charge in [-0.1, -0.05) is 18.2 Å². The first kappa shape index (κ1) is 16.8. The molecule has 5 nitrogen and oxygen atoms in total. The summed E-state index contributed by atoms with van der Waals surface area (Å²) in [6, 6.07) is 16.4. The van der Waals surface area contributed by atoms with Crippen LogP contribution >= 0.6 is 0 Å². The molecule has 0 aliphatic carbocycles. The Balaban J connectivity index is 1.84. The summed E-state index contributed by atoms with van der Waals surface area (Å²) in [5, 5.41) is 2.81. The predicted molar refractivity (Wildman–Crippen MR) is 89.0 cm³/mol. The maximum atomic E-state index is 12.1. The first-order valence-electron chi connectivity index (χ1n) is 7.43. The molecule has 2 rings (SSSR count). The van der Waals surface area contributed by atoms with Crippen molar-refractivity contribution in [2.45, 2.75) is 13.0 Å². The van der Waals surface area contributed by atoms with Crippen molar-refractivity contribution in [3.8, 4) is 11.5 Å². The van der Waals surface area contributed by atoms with E-state index < -0.39 is 6.10 Å². The smallest absolute Gasteiger partial charge is 0.265 e. The molecule has 2 aromatic rings. The van der Waals surface area contributed by atoms with Crippen LogP contribution in [0.1, 0.15) is 6.92 Å². The van der Waals surface area contributed by atoms with Crippen molar-refractivity contribution in [1.29, 1.82) is 0 Å². The van der Waals surface area contributed by atoms with Gasteiger partial charge in [-0.15, -0.1) is 0 Å². The van der Waals surface area contributed by atoms with Gasteiger partial charge in [0.25, 0.3) is 5.91 Å². The van der Waals surface area contributed by atoms with E-state index in [9.17, 15) is 4.79 Å². The SMILES string of the molecule is COCCOc1ccc(NC(=O)C(C)Oc2ccccc2)cc1. The van der Waals surface area contributed by atoms with E-state index in [1.807, 2.05) is 30.3 Å². The molecular formula is C18H21NO4. The van der Waals surface area contributed by atoms with E-state index in [2.05, 4.69) is 5.32 Å². The highest BCUT2D eigenvalue weighted by molar-refractivity contribution is 5.94. The van der Waals surface area contributed by atoms with E-state index in [1.54, 1.807) is 38.3 Å². The molecule has 1 amide bonds. The Kier molecular flexibility index (Phi) is 6.44. The third-order valence-electron chi connectivity index (χ3n) is 3.10. The highest BCUT2D eigenvalue weighted by atomic mass is 16.5. The van der Waals surface area contributed by atoms with Gasteiger partial charge in [0.05, 0.1) is 6.61 Å². The quantitative estimate of drug-likeness (QED) is 0.761. The van der Waals surface area contributed by atoms with Gasteiger partial charge in [0, 0.05) is 12.8 Å². The molecule has 23 heavy (non-hydrogen) atoms. The van der Waals surface area contributed by atoms with Gasteiger partial charge in [-0.25, -0.2) is 0 Å². The molecule has 0 spiro atoms. The van der Waals surface area contributed by atoms with Crippen molar-refractivity contribution < 1.29 is 19.0 Å². The minimum absolute atomic E-state index is 0.207. The van der Waals surface area contributed by atoms with E-state index in [-0.39, 0.29) is 5.91 Å². The lowest BCUT2D eigenvalue weighted by atomic mass is 10.2. The lowest BCUT2D eigenvalue weighted by Gasteiger charge is -2.15. The normalized spacial score (nSPS) is 11.6. The minimum atomic E-state index is -0.588. The Labute approximate surface area is 136 Å². The molecule has 5 heteroatoms. The fourth-order valence-electron chi connectivity index (χ4n) is 1.88. The maximum Gasteiger partial charge on any atom is 0.265 e. The topological polar surface area (TPSA) is 56.8 Å². The van der Waals surface area contributed by atoms with E-state index >= 15 is 0 Å². The Morgan fingerprint density at radius 1 is 1.00 bits per heavy atom. The van der Waals surface area contributed by atoms with Gasteiger partial charge in [0.1, 0.15) is 18.1 Å². The lowest BCUT2D eigenvalue weighted by molar-refractivity contribution is -0.122. The number of nitrogens with one attached hydrogen (secondary N) is 1.